The van der Waals surface area contributed by atoms with Crippen LogP contribution in [-0.2, 0) is 16.0 Å². The molecule has 0 saturated heterocycles. The number of H-pyrrole nitrogens is 1. The average Bonchev–Trinajstić information content (AvgIpc) is 3.09. The normalized spacial score (nSPS) is 15.3. The van der Waals surface area contributed by atoms with E-state index < -0.39 is 6.10 Å². The van der Waals surface area contributed by atoms with E-state index in [9.17, 15) is 9.59 Å². The van der Waals surface area contributed by atoms with Gasteiger partial charge >= 0.3 is 5.97 Å². The number of Topliss-reactive ketones (excluding diaryl/α,β-unsaturated/α-hetero) is 1. The van der Waals surface area contributed by atoms with Crippen LogP contribution < -0.4 is 0 Å². The van der Waals surface area contributed by atoms with Gasteiger partial charge in [0.15, 0.2) is 6.10 Å². The van der Waals surface area contributed by atoms with Crippen LogP contribution in [0.2, 0.25) is 0 Å². The quantitative estimate of drug-likeness (QED) is 0.497. The van der Waals surface area contributed by atoms with Gasteiger partial charge in [0.05, 0.1) is 5.92 Å². The Balaban J connectivity index is 1.71. The van der Waals surface area contributed by atoms with Crippen molar-refractivity contribution in [2.45, 2.75) is 38.7 Å². The van der Waals surface area contributed by atoms with Crippen molar-refractivity contribution in [1.82, 2.24) is 4.98 Å². The highest BCUT2D eigenvalue weighted by atomic mass is 16.5. The minimum atomic E-state index is -0.913. The molecule has 0 aliphatic heterocycles. The van der Waals surface area contributed by atoms with Crippen LogP contribution in [0.1, 0.15) is 53.8 Å². The minimum absolute atomic E-state index is 0.0707. The summed E-state index contributed by atoms with van der Waals surface area (Å²) >= 11 is 0. The van der Waals surface area contributed by atoms with Crippen LogP contribution in [0.25, 0.3) is 10.9 Å². The molecule has 1 heterocycles. The van der Waals surface area contributed by atoms with Gasteiger partial charge in [-0.05, 0) is 24.8 Å². The summed E-state index contributed by atoms with van der Waals surface area (Å²) < 4.78 is 5.73. The first kappa shape index (κ1) is 17.5. The SMILES string of the molecule is CCc1cccc2c(C(=O)[C@@H](OC(=O)C3CCC3)c3ccccc3)c[nH]c12. The largest absolute Gasteiger partial charge is 0.449 e. The molecular formula is C23H23NO3. The number of rotatable bonds is 6. The highest BCUT2D eigenvalue weighted by Crippen LogP contribution is 2.33. The number of ketones is 1. The molecule has 1 atom stereocenters. The zero-order valence-corrected chi connectivity index (χ0v) is 15.4. The van der Waals surface area contributed by atoms with Gasteiger partial charge in [-0.15, -0.1) is 0 Å². The predicted octanol–water partition coefficient (Wildman–Crippen LogP) is 5.00. The van der Waals surface area contributed by atoms with E-state index in [0.717, 1.165) is 42.1 Å². The summed E-state index contributed by atoms with van der Waals surface area (Å²) in [5.41, 5.74) is 3.40. The fourth-order valence-electron chi connectivity index (χ4n) is 3.61. The summed E-state index contributed by atoms with van der Waals surface area (Å²) in [5, 5.41) is 0.875. The number of fused-ring (bicyclic) bond motifs is 1. The third-order valence-electron chi connectivity index (χ3n) is 5.46. The summed E-state index contributed by atoms with van der Waals surface area (Å²) in [6.07, 6.45) is 4.45. The van der Waals surface area contributed by atoms with Crippen molar-refractivity contribution in [2.24, 2.45) is 5.92 Å². The van der Waals surface area contributed by atoms with Gasteiger partial charge in [0.25, 0.3) is 0 Å². The zero-order valence-electron chi connectivity index (χ0n) is 15.4. The molecule has 1 aliphatic carbocycles. The molecule has 138 valence electrons. The first-order valence-corrected chi connectivity index (χ1v) is 9.57. The maximum absolute atomic E-state index is 13.4. The number of nitrogens with one attached hydrogen (secondary N) is 1. The molecule has 4 rings (SSSR count). The summed E-state index contributed by atoms with van der Waals surface area (Å²) in [7, 11) is 0. The number of aryl methyl sites for hydroxylation is 1. The summed E-state index contributed by atoms with van der Waals surface area (Å²) in [6.45, 7) is 2.09. The molecule has 0 bridgehead atoms. The smallest absolute Gasteiger partial charge is 0.310 e. The number of carbonyl (C=O) groups is 2. The lowest BCUT2D eigenvalue weighted by Crippen LogP contribution is -2.28. The lowest BCUT2D eigenvalue weighted by Gasteiger charge is -2.26. The third kappa shape index (κ3) is 3.27. The lowest BCUT2D eigenvalue weighted by molar-refractivity contribution is -0.155. The Bertz CT molecular complexity index is 970. The van der Waals surface area contributed by atoms with E-state index in [2.05, 4.69) is 18.0 Å². The highest BCUT2D eigenvalue weighted by Gasteiger charge is 2.33. The molecule has 3 aromatic rings. The summed E-state index contributed by atoms with van der Waals surface area (Å²) in [5.74, 6) is -0.524. The Morgan fingerprint density at radius 2 is 1.89 bits per heavy atom. The van der Waals surface area contributed by atoms with Crippen LogP contribution in [0.3, 0.4) is 0 Å². The van der Waals surface area contributed by atoms with Crippen LogP contribution in [0, 0.1) is 5.92 Å². The van der Waals surface area contributed by atoms with Gasteiger partial charge in [0.1, 0.15) is 0 Å². The standard InChI is InChI=1S/C23H23NO3/c1-2-15-10-7-13-18-19(14-24-20(15)18)21(25)22(16-8-4-3-5-9-16)27-23(26)17-11-6-12-17/h3-5,7-10,13-14,17,22,24H,2,6,11-12H2,1H3/t22-/m0/s1. The minimum Gasteiger partial charge on any atom is -0.449 e. The van der Waals surface area contributed by atoms with Gasteiger partial charge in [0.2, 0.25) is 5.78 Å². The van der Waals surface area contributed by atoms with Crippen molar-refractivity contribution >= 4 is 22.7 Å². The predicted molar refractivity (Wildman–Crippen MR) is 105 cm³/mol. The number of ether oxygens (including phenoxy) is 1. The molecule has 0 unspecified atom stereocenters. The molecule has 0 radical (unpaired) electrons. The van der Waals surface area contributed by atoms with Crippen LogP contribution in [0.4, 0.5) is 0 Å². The molecule has 0 spiro atoms. The van der Waals surface area contributed by atoms with E-state index >= 15 is 0 Å². The van der Waals surface area contributed by atoms with E-state index in [1.165, 1.54) is 0 Å². The van der Waals surface area contributed by atoms with Crippen molar-refractivity contribution in [3.8, 4) is 0 Å². The zero-order chi connectivity index (χ0) is 18.8. The molecule has 0 amide bonds. The topological polar surface area (TPSA) is 59.2 Å². The maximum Gasteiger partial charge on any atom is 0.310 e. The third-order valence-corrected chi connectivity index (χ3v) is 5.46. The maximum atomic E-state index is 13.4. The van der Waals surface area contributed by atoms with Gasteiger partial charge in [0, 0.05) is 28.2 Å². The fourth-order valence-corrected chi connectivity index (χ4v) is 3.61. The van der Waals surface area contributed by atoms with Gasteiger partial charge in [-0.3, -0.25) is 9.59 Å². The van der Waals surface area contributed by atoms with Crippen LogP contribution in [0.15, 0.2) is 54.7 Å². The number of aromatic amines is 1. The molecule has 1 N–H and O–H groups in total. The lowest BCUT2D eigenvalue weighted by atomic mass is 9.85. The molecule has 1 saturated carbocycles. The number of esters is 1. The first-order valence-electron chi connectivity index (χ1n) is 9.57. The Hall–Kier alpha value is -2.88. The summed E-state index contributed by atoms with van der Waals surface area (Å²) in [4.78, 5) is 29.1. The second kappa shape index (κ2) is 7.39. The van der Waals surface area contributed by atoms with Gasteiger partial charge in [-0.2, -0.15) is 0 Å². The summed E-state index contributed by atoms with van der Waals surface area (Å²) in [6, 6.07) is 15.2. The van der Waals surface area contributed by atoms with Crippen LogP contribution in [0.5, 0.6) is 0 Å². The van der Waals surface area contributed by atoms with Crippen LogP contribution in [-0.4, -0.2) is 16.7 Å². The second-order valence-corrected chi connectivity index (χ2v) is 7.12. The van der Waals surface area contributed by atoms with E-state index in [1.807, 2.05) is 42.5 Å². The number of benzene rings is 2. The molecule has 27 heavy (non-hydrogen) atoms. The number of para-hydroxylation sites is 1. The number of hydrogen-bond acceptors (Lipinski definition) is 3. The van der Waals surface area contributed by atoms with Crippen molar-refractivity contribution < 1.29 is 14.3 Å². The highest BCUT2D eigenvalue weighted by molar-refractivity contribution is 6.11. The molecule has 1 fully saturated rings. The van der Waals surface area contributed by atoms with E-state index in [-0.39, 0.29) is 17.7 Å². The van der Waals surface area contributed by atoms with E-state index in [0.29, 0.717) is 11.1 Å². The van der Waals surface area contributed by atoms with Crippen LogP contribution >= 0.6 is 0 Å². The van der Waals surface area contributed by atoms with E-state index in [1.54, 1.807) is 6.20 Å². The van der Waals surface area contributed by atoms with E-state index in [4.69, 9.17) is 4.74 Å². The number of carbonyl (C=O) groups excluding carboxylic acids is 2. The Morgan fingerprint density at radius 1 is 1.11 bits per heavy atom. The van der Waals surface area contributed by atoms with Crippen molar-refractivity contribution in [3.63, 3.8) is 0 Å². The van der Waals surface area contributed by atoms with Crippen molar-refractivity contribution in [1.29, 1.82) is 0 Å². The molecule has 2 aromatic carbocycles. The molecule has 4 nitrogen and oxygen atoms in total. The van der Waals surface area contributed by atoms with Crippen molar-refractivity contribution in [2.75, 3.05) is 0 Å². The van der Waals surface area contributed by atoms with Gasteiger partial charge < -0.3 is 9.72 Å². The molecular weight excluding hydrogens is 338 g/mol. The second-order valence-electron chi connectivity index (χ2n) is 7.12. The van der Waals surface area contributed by atoms with Gasteiger partial charge in [-0.25, -0.2) is 0 Å². The average molecular weight is 361 g/mol. The molecule has 4 heteroatoms. The fraction of sp³-hybridized carbons (Fsp3) is 0.304. The number of hydrogen-bond donors (Lipinski definition) is 1. The first-order chi connectivity index (χ1) is 13.2. The Morgan fingerprint density at radius 3 is 2.56 bits per heavy atom. The Labute approximate surface area is 158 Å². The monoisotopic (exact) mass is 361 g/mol. The number of aromatic nitrogens is 1. The molecule has 1 aromatic heterocycles. The Kier molecular flexibility index (Phi) is 4.80. The molecule has 1 aliphatic rings. The van der Waals surface area contributed by atoms with Gasteiger partial charge in [-0.1, -0.05) is 61.9 Å². The van der Waals surface area contributed by atoms with Crippen molar-refractivity contribution in [3.05, 3.63) is 71.4 Å².